The molecule has 1 aromatic heterocycles. The van der Waals surface area contributed by atoms with Gasteiger partial charge in [-0.25, -0.2) is 9.18 Å². The molecule has 25 heavy (non-hydrogen) atoms. The number of nitrogens with one attached hydrogen (secondary N) is 1. The first-order chi connectivity index (χ1) is 12.0. The highest BCUT2D eigenvalue weighted by Crippen LogP contribution is 2.25. The van der Waals surface area contributed by atoms with Crippen LogP contribution in [0.25, 0.3) is 10.9 Å². The summed E-state index contributed by atoms with van der Waals surface area (Å²) in [5, 5.41) is 7.60. The second kappa shape index (κ2) is 7.08. The number of ether oxygens (including phenoxy) is 2. The quantitative estimate of drug-likeness (QED) is 0.594. The molecule has 0 saturated carbocycles. The van der Waals surface area contributed by atoms with Crippen LogP contribution in [0.15, 0.2) is 36.4 Å². The third kappa shape index (κ3) is 3.97. The van der Waals surface area contributed by atoms with Crippen LogP contribution in [0, 0.1) is 5.82 Å². The molecule has 3 rings (SSSR count). The van der Waals surface area contributed by atoms with Crippen molar-refractivity contribution in [2.24, 2.45) is 5.73 Å². The minimum Gasteiger partial charge on any atom is -0.490 e. The first-order valence-corrected chi connectivity index (χ1v) is 7.59. The van der Waals surface area contributed by atoms with Crippen molar-refractivity contribution >= 4 is 22.8 Å². The number of hydrogen-bond acceptors (Lipinski definition) is 5. The highest BCUT2D eigenvalue weighted by Gasteiger charge is 2.09. The van der Waals surface area contributed by atoms with E-state index < -0.39 is 6.09 Å². The van der Waals surface area contributed by atoms with Crippen LogP contribution in [0.5, 0.6) is 5.75 Å². The largest absolute Gasteiger partial charge is 0.490 e. The van der Waals surface area contributed by atoms with Crippen LogP contribution in [-0.2, 0) is 11.2 Å². The summed E-state index contributed by atoms with van der Waals surface area (Å²) in [6, 6.07) is 9.94. The van der Waals surface area contributed by atoms with Crippen LogP contribution in [-0.4, -0.2) is 29.5 Å². The van der Waals surface area contributed by atoms with E-state index in [2.05, 4.69) is 14.9 Å². The van der Waals surface area contributed by atoms with Gasteiger partial charge in [-0.2, -0.15) is 5.10 Å². The Morgan fingerprint density at radius 2 is 2.04 bits per heavy atom. The fourth-order valence-electron chi connectivity index (χ4n) is 2.53. The van der Waals surface area contributed by atoms with E-state index in [1.807, 2.05) is 18.2 Å². The SMILES string of the molecule is NC(=O)OCCOc1ccc(F)cc1Cc1ccc2[nH]nc(N)c2c1. The summed E-state index contributed by atoms with van der Waals surface area (Å²) in [4.78, 5) is 10.6. The summed E-state index contributed by atoms with van der Waals surface area (Å²) in [6.07, 6.45) is -0.418. The Hall–Kier alpha value is -3.29. The molecule has 0 aliphatic heterocycles. The van der Waals surface area contributed by atoms with Crippen LogP contribution in [0.4, 0.5) is 15.0 Å². The molecule has 130 valence electrons. The number of carbonyl (C=O) groups excluding carboxylic acids is 1. The number of primary amides is 1. The number of amides is 1. The van der Waals surface area contributed by atoms with Gasteiger partial charge in [-0.1, -0.05) is 6.07 Å². The van der Waals surface area contributed by atoms with Gasteiger partial charge in [0.05, 0.1) is 5.52 Å². The Bertz CT molecular complexity index is 910. The average molecular weight is 344 g/mol. The normalized spacial score (nSPS) is 10.8. The van der Waals surface area contributed by atoms with Gasteiger partial charge in [0.25, 0.3) is 0 Å². The lowest BCUT2D eigenvalue weighted by molar-refractivity contribution is 0.133. The van der Waals surface area contributed by atoms with Gasteiger partial charge in [0.2, 0.25) is 0 Å². The molecular weight excluding hydrogens is 327 g/mol. The van der Waals surface area contributed by atoms with Gasteiger partial charge in [0, 0.05) is 17.4 Å². The number of nitrogens with zero attached hydrogens (tertiary/aromatic N) is 1. The summed E-state index contributed by atoms with van der Waals surface area (Å²) >= 11 is 0. The van der Waals surface area contributed by atoms with Crippen LogP contribution in [0.3, 0.4) is 0 Å². The molecule has 0 radical (unpaired) electrons. The molecule has 7 nitrogen and oxygen atoms in total. The van der Waals surface area contributed by atoms with E-state index >= 15 is 0 Å². The molecule has 0 atom stereocenters. The molecule has 0 aliphatic carbocycles. The van der Waals surface area contributed by atoms with E-state index in [-0.39, 0.29) is 19.0 Å². The lowest BCUT2D eigenvalue weighted by atomic mass is 10.0. The molecule has 1 heterocycles. The van der Waals surface area contributed by atoms with Crippen molar-refractivity contribution in [1.82, 2.24) is 10.2 Å². The smallest absolute Gasteiger partial charge is 0.404 e. The number of nitrogens with two attached hydrogens (primary N) is 2. The zero-order chi connectivity index (χ0) is 17.8. The van der Waals surface area contributed by atoms with Gasteiger partial charge >= 0.3 is 6.09 Å². The lowest BCUT2D eigenvalue weighted by Crippen LogP contribution is -2.17. The Labute approximate surface area is 142 Å². The van der Waals surface area contributed by atoms with Crippen molar-refractivity contribution in [3.05, 3.63) is 53.3 Å². The maximum Gasteiger partial charge on any atom is 0.404 e. The number of aromatic amines is 1. The molecular formula is C17H17FN4O3. The maximum atomic E-state index is 13.6. The minimum atomic E-state index is -0.867. The topological polar surface area (TPSA) is 116 Å². The predicted octanol–water partition coefficient (Wildman–Crippen LogP) is 2.35. The number of anilines is 1. The molecule has 0 bridgehead atoms. The molecule has 0 saturated heterocycles. The molecule has 8 heteroatoms. The number of fused-ring (bicyclic) bond motifs is 1. The summed E-state index contributed by atoms with van der Waals surface area (Å²) in [5.74, 6) is 0.561. The number of hydrogen-bond donors (Lipinski definition) is 3. The third-order valence-electron chi connectivity index (χ3n) is 3.66. The highest BCUT2D eigenvalue weighted by atomic mass is 19.1. The summed E-state index contributed by atoms with van der Waals surface area (Å²) in [5.41, 5.74) is 13.1. The van der Waals surface area contributed by atoms with Gasteiger partial charge in [0.15, 0.2) is 5.82 Å². The van der Waals surface area contributed by atoms with E-state index in [9.17, 15) is 9.18 Å². The van der Waals surface area contributed by atoms with Crippen molar-refractivity contribution in [2.45, 2.75) is 6.42 Å². The van der Waals surface area contributed by atoms with Crippen molar-refractivity contribution in [1.29, 1.82) is 0 Å². The van der Waals surface area contributed by atoms with E-state index in [1.54, 1.807) is 6.07 Å². The number of aromatic nitrogens is 2. The lowest BCUT2D eigenvalue weighted by Gasteiger charge is -2.12. The number of carbonyl (C=O) groups is 1. The molecule has 1 amide bonds. The fraction of sp³-hybridized carbons (Fsp3) is 0.176. The second-order valence-corrected chi connectivity index (χ2v) is 5.43. The second-order valence-electron chi connectivity index (χ2n) is 5.43. The summed E-state index contributed by atoms with van der Waals surface area (Å²) < 4.78 is 23.8. The van der Waals surface area contributed by atoms with E-state index in [0.29, 0.717) is 23.6 Å². The van der Waals surface area contributed by atoms with Crippen molar-refractivity contribution in [3.63, 3.8) is 0 Å². The van der Waals surface area contributed by atoms with Crippen LogP contribution in [0.2, 0.25) is 0 Å². The van der Waals surface area contributed by atoms with Gasteiger partial charge < -0.3 is 20.9 Å². The van der Waals surface area contributed by atoms with E-state index in [1.165, 1.54) is 12.1 Å². The maximum absolute atomic E-state index is 13.6. The van der Waals surface area contributed by atoms with Gasteiger partial charge in [0.1, 0.15) is 24.8 Å². The first-order valence-electron chi connectivity index (χ1n) is 7.59. The predicted molar refractivity (Wildman–Crippen MR) is 90.7 cm³/mol. The standard InChI is InChI=1S/C17H17FN4O3/c18-12-2-4-15(24-5-6-25-17(20)23)11(9-12)7-10-1-3-14-13(8-10)16(19)22-21-14/h1-4,8-9H,5-7H2,(H2,20,23)(H3,19,21,22). The Morgan fingerprint density at radius 3 is 2.84 bits per heavy atom. The average Bonchev–Trinajstić information content (AvgIpc) is 2.94. The monoisotopic (exact) mass is 344 g/mol. The molecule has 5 N–H and O–H groups in total. The number of nitrogen functional groups attached to an aromatic ring is 1. The number of halogens is 1. The van der Waals surface area contributed by atoms with Gasteiger partial charge in [-0.3, -0.25) is 5.10 Å². The Morgan fingerprint density at radius 1 is 1.20 bits per heavy atom. The summed E-state index contributed by atoms with van der Waals surface area (Å²) in [6.45, 7) is 0.138. The van der Waals surface area contributed by atoms with Crippen LogP contribution >= 0.6 is 0 Å². The van der Waals surface area contributed by atoms with Crippen LogP contribution in [0.1, 0.15) is 11.1 Å². The first kappa shape index (κ1) is 16.6. The molecule has 0 fully saturated rings. The van der Waals surface area contributed by atoms with Crippen LogP contribution < -0.4 is 16.2 Å². The summed E-state index contributed by atoms with van der Waals surface area (Å²) in [7, 11) is 0. The zero-order valence-corrected chi connectivity index (χ0v) is 13.3. The van der Waals surface area contributed by atoms with Crippen molar-refractivity contribution < 1.29 is 18.7 Å². The number of rotatable bonds is 6. The van der Waals surface area contributed by atoms with Gasteiger partial charge in [-0.15, -0.1) is 0 Å². The van der Waals surface area contributed by atoms with E-state index in [4.69, 9.17) is 16.2 Å². The van der Waals surface area contributed by atoms with E-state index in [0.717, 1.165) is 16.5 Å². The molecule has 2 aromatic carbocycles. The Balaban J connectivity index is 1.78. The minimum absolute atomic E-state index is 0.0175. The zero-order valence-electron chi connectivity index (χ0n) is 13.3. The molecule has 0 aliphatic rings. The fourth-order valence-corrected chi connectivity index (χ4v) is 2.53. The number of H-pyrrole nitrogens is 1. The van der Waals surface area contributed by atoms with Gasteiger partial charge in [-0.05, 0) is 35.9 Å². The molecule has 0 spiro atoms. The molecule has 3 aromatic rings. The third-order valence-corrected chi connectivity index (χ3v) is 3.66. The molecule has 0 unspecified atom stereocenters. The Kier molecular flexibility index (Phi) is 4.69. The number of benzene rings is 2. The van der Waals surface area contributed by atoms with Crippen molar-refractivity contribution in [2.75, 3.05) is 18.9 Å². The highest BCUT2D eigenvalue weighted by molar-refractivity contribution is 5.89. The van der Waals surface area contributed by atoms with Crippen molar-refractivity contribution in [3.8, 4) is 5.75 Å².